The maximum Gasteiger partial charge on any atom is 0.165 e. The van der Waals surface area contributed by atoms with Crippen LogP contribution in [-0.4, -0.2) is 23.9 Å². The van der Waals surface area contributed by atoms with Crippen LogP contribution in [0.2, 0.25) is 0 Å². The lowest BCUT2D eigenvalue weighted by Gasteiger charge is -2.16. The van der Waals surface area contributed by atoms with E-state index in [2.05, 4.69) is 10.4 Å². The number of methoxy groups -OCH3 is 1. The minimum Gasteiger partial charge on any atom is -0.494 e. The van der Waals surface area contributed by atoms with Gasteiger partial charge in [-0.1, -0.05) is 6.07 Å². The highest BCUT2D eigenvalue weighted by Crippen LogP contribution is 2.23. The molecule has 0 aliphatic carbocycles. The van der Waals surface area contributed by atoms with Crippen molar-refractivity contribution in [1.82, 2.24) is 15.1 Å². The topological polar surface area (TPSA) is 39.1 Å². The summed E-state index contributed by atoms with van der Waals surface area (Å²) in [4.78, 5) is 0. The maximum atomic E-state index is 13.7. The van der Waals surface area contributed by atoms with Crippen LogP contribution in [-0.2, 0) is 13.5 Å². The predicted octanol–water partition coefficient (Wildman–Crippen LogP) is 2.07. The fraction of sp³-hybridized carbons (Fsp3) is 0.357. The average molecular weight is 263 g/mol. The van der Waals surface area contributed by atoms with Crippen molar-refractivity contribution in [2.75, 3.05) is 14.2 Å². The average Bonchev–Trinajstić information content (AvgIpc) is 2.81. The molecule has 1 aromatic carbocycles. The molecule has 102 valence electrons. The Labute approximate surface area is 112 Å². The van der Waals surface area contributed by atoms with Crippen molar-refractivity contribution in [2.24, 2.45) is 7.05 Å². The van der Waals surface area contributed by atoms with Gasteiger partial charge in [0.05, 0.1) is 12.8 Å². The zero-order valence-corrected chi connectivity index (χ0v) is 11.4. The van der Waals surface area contributed by atoms with E-state index in [9.17, 15) is 4.39 Å². The predicted molar refractivity (Wildman–Crippen MR) is 71.7 cm³/mol. The third-order valence-electron chi connectivity index (χ3n) is 3.11. The summed E-state index contributed by atoms with van der Waals surface area (Å²) in [5.74, 6) is -0.0855. The summed E-state index contributed by atoms with van der Waals surface area (Å²) in [5, 5.41) is 7.52. The highest BCUT2D eigenvalue weighted by atomic mass is 19.1. The van der Waals surface area contributed by atoms with E-state index in [1.54, 1.807) is 10.7 Å². The van der Waals surface area contributed by atoms with Gasteiger partial charge in [-0.05, 0) is 30.8 Å². The zero-order chi connectivity index (χ0) is 13.8. The molecule has 0 radical (unpaired) electrons. The van der Waals surface area contributed by atoms with Gasteiger partial charge < -0.3 is 10.1 Å². The van der Waals surface area contributed by atoms with Gasteiger partial charge in [0, 0.05) is 25.7 Å². The molecule has 2 aromatic rings. The molecule has 1 unspecified atom stereocenters. The van der Waals surface area contributed by atoms with Crippen LogP contribution in [0.3, 0.4) is 0 Å². The molecule has 0 saturated heterocycles. The van der Waals surface area contributed by atoms with Crippen LogP contribution in [0.4, 0.5) is 4.39 Å². The summed E-state index contributed by atoms with van der Waals surface area (Å²) in [6, 6.07) is 7.00. The molecule has 0 aliphatic heterocycles. The maximum absolute atomic E-state index is 13.7. The molecule has 0 fully saturated rings. The van der Waals surface area contributed by atoms with Gasteiger partial charge in [0.15, 0.2) is 11.6 Å². The normalized spacial score (nSPS) is 12.4. The van der Waals surface area contributed by atoms with Gasteiger partial charge >= 0.3 is 0 Å². The number of aryl methyl sites for hydroxylation is 1. The molecule has 1 atom stereocenters. The number of hydrogen-bond donors (Lipinski definition) is 1. The lowest BCUT2D eigenvalue weighted by molar-refractivity contribution is 0.385. The third-order valence-corrected chi connectivity index (χ3v) is 3.11. The number of benzene rings is 1. The molecule has 0 aliphatic rings. The van der Waals surface area contributed by atoms with Crippen LogP contribution in [0.5, 0.6) is 5.75 Å². The van der Waals surface area contributed by atoms with Crippen LogP contribution in [0.1, 0.15) is 17.3 Å². The third kappa shape index (κ3) is 3.12. The zero-order valence-electron chi connectivity index (χ0n) is 11.4. The number of hydrogen-bond acceptors (Lipinski definition) is 3. The summed E-state index contributed by atoms with van der Waals surface area (Å²) in [5.41, 5.74) is 1.85. The molecule has 1 N–H and O–H groups in total. The van der Waals surface area contributed by atoms with E-state index in [1.807, 2.05) is 32.4 Å². The first kappa shape index (κ1) is 13.5. The lowest BCUT2D eigenvalue weighted by Crippen LogP contribution is -2.19. The summed E-state index contributed by atoms with van der Waals surface area (Å²) < 4.78 is 20.4. The fourth-order valence-corrected chi connectivity index (χ4v) is 2.07. The highest BCUT2D eigenvalue weighted by molar-refractivity contribution is 5.31. The number of nitrogens with one attached hydrogen (secondary N) is 1. The Kier molecular flexibility index (Phi) is 4.16. The molecule has 19 heavy (non-hydrogen) atoms. The second-order valence-electron chi connectivity index (χ2n) is 4.42. The summed E-state index contributed by atoms with van der Waals surface area (Å²) in [6.07, 6.45) is 2.61. The van der Waals surface area contributed by atoms with E-state index in [0.717, 1.165) is 11.3 Å². The SMILES string of the molecule is CNC(Cc1ccn(C)n1)c1ccc(OC)c(F)c1. The van der Waals surface area contributed by atoms with Crippen molar-refractivity contribution < 1.29 is 9.13 Å². The highest BCUT2D eigenvalue weighted by Gasteiger charge is 2.14. The molecular weight excluding hydrogens is 245 g/mol. The van der Waals surface area contributed by atoms with Gasteiger partial charge in [0.1, 0.15) is 0 Å². The van der Waals surface area contributed by atoms with Crippen LogP contribution in [0.25, 0.3) is 0 Å². The Morgan fingerprint density at radius 2 is 2.21 bits per heavy atom. The minimum absolute atomic E-state index is 0.0234. The molecule has 0 saturated carbocycles. The quantitative estimate of drug-likeness (QED) is 0.897. The van der Waals surface area contributed by atoms with E-state index >= 15 is 0 Å². The van der Waals surface area contributed by atoms with Gasteiger partial charge in [0.2, 0.25) is 0 Å². The van der Waals surface area contributed by atoms with E-state index in [4.69, 9.17) is 4.74 Å². The van der Waals surface area contributed by atoms with Crippen molar-refractivity contribution >= 4 is 0 Å². The molecule has 5 heteroatoms. The van der Waals surface area contributed by atoms with E-state index in [1.165, 1.54) is 13.2 Å². The second-order valence-corrected chi connectivity index (χ2v) is 4.42. The Morgan fingerprint density at radius 3 is 2.74 bits per heavy atom. The first-order chi connectivity index (χ1) is 9.13. The van der Waals surface area contributed by atoms with Crippen LogP contribution >= 0.6 is 0 Å². The van der Waals surface area contributed by atoms with Crippen molar-refractivity contribution in [2.45, 2.75) is 12.5 Å². The van der Waals surface area contributed by atoms with Crippen molar-refractivity contribution in [3.05, 3.63) is 47.5 Å². The number of nitrogens with zero attached hydrogens (tertiary/aromatic N) is 2. The minimum atomic E-state index is -0.346. The Hall–Kier alpha value is -1.88. The Bertz CT molecular complexity index is 553. The van der Waals surface area contributed by atoms with E-state index in [0.29, 0.717) is 6.42 Å². The standard InChI is InChI=1S/C14H18FN3O/c1-16-13(9-11-6-7-18(2)17-11)10-4-5-14(19-3)12(15)8-10/h4-8,13,16H,9H2,1-3H3. The second kappa shape index (κ2) is 5.84. The summed E-state index contributed by atoms with van der Waals surface area (Å²) in [7, 11) is 5.20. The molecule has 2 rings (SSSR count). The lowest BCUT2D eigenvalue weighted by atomic mass is 10.0. The van der Waals surface area contributed by atoms with Gasteiger partial charge in [-0.25, -0.2) is 4.39 Å². The number of halogens is 1. The summed E-state index contributed by atoms with van der Waals surface area (Å²) >= 11 is 0. The molecule has 1 aromatic heterocycles. The number of rotatable bonds is 5. The van der Waals surface area contributed by atoms with E-state index in [-0.39, 0.29) is 17.6 Å². The van der Waals surface area contributed by atoms with Crippen molar-refractivity contribution in [3.63, 3.8) is 0 Å². The molecule has 0 bridgehead atoms. The molecule has 0 amide bonds. The molecular formula is C14H18FN3O. The molecule has 0 spiro atoms. The first-order valence-corrected chi connectivity index (χ1v) is 6.13. The monoisotopic (exact) mass is 263 g/mol. The Balaban J connectivity index is 2.19. The molecule has 4 nitrogen and oxygen atoms in total. The fourth-order valence-electron chi connectivity index (χ4n) is 2.07. The van der Waals surface area contributed by atoms with Crippen LogP contribution < -0.4 is 10.1 Å². The molecule has 1 heterocycles. The van der Waals surface area contributed by atoms with E-state index < -0.39 is 0 Å². The largest absolute Gasteiger partial charge is 0.494 e. The van der Waals surface area contributed by atoms with Crippen LogP contribution in [0, 0.1) is 5.82 Å². The van der Waals surface area contributed by atoms with Crippen molar-refractivity contribution in [3.8, 4) is 5.75 Å². The smallest absolute Gasteiger partial charge is 0.165 e. The van der Waals surface area contributed by atoms with Crippen LogP contribution in [0.15, 0.2) is 30.5 Å². The van der Waals surface area contributed by atoms with Gasteiger partial charge in [-0.15, -0.1) is 0 Å². The van der Waals surface area contributed by atoms with Gasteiger partial charge in [0.25, 0.3) is 0 Å². The van der Waals surface area contributed by atoms with Gasteiger partial charge in [-0.2, -0.15) is 5.10 Å². The summed E-state index contributed by atoms with van der Waals surface area (Å²) in [6.45, 7) is 0. The number of ether oxygens (including phenoxy) is 1. The number of likely N-dealkylation sites (N-methyl/N-ethyl adjacent to an activating group) is 1. The Morgan fingerprint density at radius 1 is 1.42 bits per heavy atom. The number of aromatic nitrogens is 2. The first-order valence-electron chi connectivity index (χ1n) is 6.13. The van der Waals surface area contributed by atoms with Crippen molar-refractivity contribution in [1.29, 1.82) is 0 Å². The van der Waals surface area contributed by atoms with Gasteiger partial charge in [-0.3, -0.25) is 4.68 Å².